The van der Waals surface area contributed by atoms with Crippen LogP contribution in [0.1, 0.15) is 38.5 Å². The fourth-order valence-corrected chi connectivity index (χ4v) is 0.923. The number of nitrogens with two attached hydrogens (primary N) is 1. The number of hydrogen-bond acceptors (Lipinski definition) is 2. The molecule has 0 amide bonds. The van der Waals surface area contributed by atoms with Gasteiger partial charge < -0.3 is 5.73 Å². The van der Waals surface area contributed by atoms with Crippen molar-refractivity contribution in [3.8, 4) is 0 Å². The number of hydrogen-bond donors (Lipinski definition) is 1. The highest BCUT2D eigenvalue weighted by Crippen LogP contribution is 2.02. The quantitative estimate of drug-likeness (QED) is 0.570. The summed E-state index contributed by atoms with van der Waals surface area (Å²) >= 11 is 0. The van der Waals surface area contributed by atoms with Crippen LogP contribution in [0.15, 0.2) is 0 Å². The molecule has 65 valence electrons. The van der Waals surface area contributed by atoms with Crippen LogP contribution in [0, 0.1) is 6.92 Å². The Morgan fingerprint density at radius 2 is 1.82 bits per heavy atom. The number of rotatable bonds is 7. The first-order valence-electron chi connectivity index (χ1n) is 4.32. The van der Waals surface area contributed by atoms with Crippen molar-refractivity contribution in [3.63, 3.8) is 0 Å². The minimum Gasteiger partial charge on any atom is -0.330 e. The van der Waals surface area contributed by atoms with Crippen molar-refractivity contribution in [1.29, 1.82) is 0 Å². The fourth-order valence-electron chi connectivity index (χ4n) is 0.923. The number of ketones is 1. The molecular formula is C9H18NO. The van der Waals surface area contributed by atoms with Crippen molar-refractivity contribution in [3.05, 3.63) is 6.92 Å². The van der Waals surface area contributed by atoms with E-state index in [9.17, 15) is 4.79 Å². The SMILES string of the molecule is [CH2]CCCCC(=O)CCCN. The van der Waals surface area contributed by atoms with Gasteiger partial charge in [-0.3, -0.25) is 4.79 Å². The van der Waals surface area contributed by atoms with Crippen molar-refractivity contribution < 1.29 is 4.79 Å². The smallest absolute Gasteiger partial charge is 0.132 e. The van der Waals surface area contributed by atoms with Gasteiger partial charge in [-0.15, -0.1) is 0 Å². The van der Waals surface area contributed by atoms with E-state index in [2.05, 4.69) is 6.92 Å². The average Bonchev–Trinajstić information content (AvgIpc) is 2.01. The number of carbonyl (C=O) groups is 1. The summed E-state index contributed by atoms with van der Waals surface area (Å²) in [6, 6.07) is 0. The Bertz CT molecular complexity index is 102. The third-order valence-corrected chi connectivity index (χ3v) is 1.62. The maximum atomic E-state index is 11.0. The largest absolute Gasteiger partial charge is 0.330 e. The molecule has 11 heavy (non-hydrogen) atoms. The van der Waals surface area contributed by atoms with Gasteiger partial charge in [0, 0.05) is 12.8 Å². The van der Waals surface area contributed by atoms with Crippen LogP contribution in [0.5, 0.6) is 0 Å². The standard InChI is InChI=1S/C9H18NO/c1-2-3-4-6-9(11)7-5-8-10/h1-8,10H2. The molecule has 0 aliphatic carbocycles. The van der Waals surface area contributed by atoms with E-state index in [1.165, 1.54) is 0 Å². The second-order valence-corrected chi connectivity index (χ2v) is 2.74. The molecule has 0 aromatic heterocycles. The Morgan fingerprint density at radius 1 is 1.18 bits per heavy atom. The molecule has 2 N–H and O–H groups in total. The zero-order chi connectivity index (χ0) is 8.53. The summed E-state index contributed by atoms with van der Waals surface area (Å²) in [5, 5.41) is 0. The summed E-state index contributed by atoms with van der Waals surface area (Å²) in [5.41, 5.74) is 5.27. The van der Waals surface area contributed by atoms with E-state index in [1.54, 1.807) is 0 Å². The molecule has 0 atom stereocenters. The normalized spacial score (nSPS) is 10.0. The van der Waals surface area contributed by atoms with Crippen molar-refractivity contribution >= 4 is 5.78 Å². The third kappa shape index (κ3) is 7.53. The summed E-state index contributed by atoms with van der Waals surface area (Å²) in [5.74, 6) is 0.351. The van der Waals surface area contributed by atoms with E-state index in [-0.39, 0.29) is 0 Å². The zero-order valence-electron chi connectivity index (χ0n) is 7.14. The minimum atomic E-state index is 0.351. The average molecular weight is 156 g/mol. The first-order valence-corrected chi connectivity index (χ1v) is 4.32. The monoisotopic (exact) mass is 156 g/mol. The van der Waals surface area contributed by atoms with Gasteiger partial charge in [0.05, 0.1) is 0 Å². The van der Waals surface area contributed by atoms with Crippen LogP contribution in [0.25, 0.3) is 0 Å². The molecule has 0 saturated carbocycles. The molecular weight excluding hydrogens is 138 g/mol. The second kappa shape index (κ2) is 7.73. The number of unbranched alkanes of at least 4 members (excludes halogenated alkanes) is 2. The number of carbonyl (C=O) groups excluding carboxylic acids is 1. The topological polar surface area (TPSA) is 43.1 Å². The van der Waals surface area contributed by atoms with Crippen LogP contribution in [0.3, 0.4) is 0 Å². The number of Topliss-reactive ketones (excluding diaryl/α,β-unsaturated/α-hetero) is 1. The summed E-state index contributed by atoms with van der Waals surface area (Å²) in [6.45, 7) is 4.34. The predicted molar refractivity (Wildman–Crippen MR) is 47.1 cm³/mol. The summed E-state index contributed by atoms with van der Waals surface area (Å²) in [4.78, 5) is 11.0. The lowest BCUT2D eigenvalue weighted by atomic mass is 10.1. The van der Waals surface area contributed by atoms with Gasteiger partial charge in [-0.25, -0.2) is 0 Å². The van der Waals surface area contributed by atoms with Crippen molar-refractivity contribution in [2.75, 3.05) is 6.54 Å². The molecule has 0 bridgehead atoms. The van der Waals surface area contributed by atoms with Gasteiger partial charge in [0.25, 0.3) is 0 Å². The minimum absolute atomic E-state index is 0.351. The molecule has 2 heteroatoms. The van der Waals surface area contributed by atoms with Crippen LogP contribution in [0.4, 0.5) is 0 Å². The highest BCUT2D eigenvalue weighted by Gasteiger charge is 1.99. The van der Waals surface area contributed by atoms with Crippen LogP contribution >= 0.6 is 0 Å². The van der Waals surface area contributed by atoms with Gasteiger partial charge in [0.2, 0.25) is 0 Å². The predicted octanol–water partition coefficient (Wildman–Crippen LogP) is 1.69. The molecule has 0 aromatic rings. The van der Waals surface area contributed by atoms with Crippen LogP contribution in [-0.2, 0) is 4.79 Å². The molecule has 2 nitrogen and oxygen atoms in total. The molecule has 0 fully saturated rings. The summed E-state index contributed by atoms with van der Waals surface area (Å²) < 4.78 is 0. The molecule has 0 aromatic carbocycles. The van der Waals surface area contributed by atoms with E-state index < -0.39 is 0 Å². The Morgan fingerprint density at radius 3 is 2.36 bits per heavy atom. The van der Waals surface area contributed by atoms with Crippen LogP contribution in [-0.4, -0.2) is 12.3 Å². The maximum absolute atomic E-state index is 11.0. The van der Waals surface area contributed by atoms with Gasteiger partial charge in [0.1, 0.15) is 5.78 Å². The summed E-state index contributed by atoms with van der Waals surface area (Å²) in [7, 11) is 0. The first kappa shape index (κ1) is 10.6. The van der Waals surface area contributed by atoms with Crippen molar-refractivity contribution in [1.82, 2.24) is 0 Å². The van der Waals surface area contributed by atoms with Crippen molar-refractivity contribution in [2.24, 2.45) is 5.73 Å². The lowest BCUT2D eigenvalue weighted by molar-refractivity contribution is -0.119. The van der Waals surface area contributed by atoms with Gasteiger partial charge in [-0.1, -0.05) is 19.8 Å². The Hall–Kier alpha value is -0.370. The van der Waals surface area contributed by atoms with E-state index >= 15 is 0 Å². The third-order valence-electron chi connectivity index (χ3n) is 1.62. The van der Waals surface area contributed by atoms with E-state index in [1.807, 2.05) is 0 Å². The van der Waals surface area contributed by atoms with Crippen molar-refractivity contribution in [2.45, 2.75) is 38.5 Å². The lowest BCUT2D eigenvalue weighted by Crippen LogP contribution is -2.04. The Balaban J connectivity index is 3.09. The molecule has 0 saturated heterocycles. The van der Waals surface area contributed by atoms with Gasteiger partial charge in [0.15, 0.2) is 0 Å². The lowest BCUT2D eigenvalue weighted by Gasteiger charge is -1.97. The molecule has 0 heterocycles. The van der Waals surface area contributed by atoms with E-state index in [4.69, 9.17) is 5.73 Å². The van der Waals surface area contributed by atoms with E-state index in [0.29, 0.717) is 18.7 Å². The molecule has 0 unspecified atom stereocenters. The Labute approximate surface area is 69.2 Å². The molecule has 0 spiro atoms. The van der Waals surface area contributed by atoms with Gasteiger partial charge in [-0.2, -0.15) is 0 Å². The van der Waals surface area contributed by atoms with Crippen LogP contribution < -0.4 is 5.73 Å². The fraction of sp³-hybridized carbons (Fsp3) is 0.778. The second-order valence-electron chi connectivity index (χ2n) is 2.74. The highest BCUT2D eigenvalue weighted by atomic mass is 16.1. The van der Waals surface area contributed by atoms with Crippen LogP contribution in [0.2, 0.25) is 0 Å². The molecule has 0 rings (SSSR count). The molecule has 0 aliphatic heterocycles. The van der Waals surface area contributed by atoms with Gasteiger partial charge in [-0.05, 0) is 19.4 Å². The zero-order valence-corrected chi connectivity index (χ0v) is 7.14. The van der Waals surface area contributed by atoms with Gasteiger partial charge >= 0.3 is 0 Å². The Kier molecular flexibility index (Phi) is 7.47. The maximum Gasteiger partial charge on any atom is 0.132 e. The molecule has 0 aliphatic rings. The molecule has 1 radical (unpaired) electrons. The van der Waals surface area contributed by atoms with E-state index in [0.717, 1.165) is 32.1 Å². The first-order chi connectivity index (χ1) is 5.31. The summed E-state index contributed by atoms with van der Waals surface area (Å²) in [6.07, 6.45) is 5.21. The highest BCUT2D eigenvalue weighted by molar-refractivity contribution is 5.78.